The van der Waals surface area contributed by atoms with Crippen LogP contribution in [-0.2, 0) is 22.1 Å². The highest BCUT2D eigenvalue weighted by molar-refractivity contribution is 7.90. The van der Waals surface area contributed by atoms with Gasteiger partial charge < -0.3 is 5.73 Å². The van der Waals surface area contributed by atoms with Crippen LogP contribution in [0.5, 0.6) is 0 Å². The number of rotatable bonds is 7. The molecule has 0 aromatic heterocycles. The summed E-state index contributed by atoms with van der Waals surface area (Å²) in [6, 6.07) is 4.48. The quantitative estimate of drug-likeness (QED) is 0.776. The smallest absolute Gasteiger partial charge is 0.154 e. The largest absolute Gasteiger partial charge is 0.326 e. The molecule has 1 aromatic carbocycles. The van der Waals surface area contributed by atoms with Gasteiger partial charge in [0.15, 0.2) is 9.84 Å². The third kappa shape index (κ3) is 4.74. The summed E-state index contributed by atoms with van der Waals surface area (Å²) in [5.74, 6) is -0.594. The maximum absolute atomic E-state index is 13.6. The molecule has 0 aliphatic carbocycles. The summed E-state index contributed by atoms with van der Waals surface area (Å²) in [6.07, 6.45) is 2.49. The van der Waals surface area contributed by atoms with Gasteiger partial charge in [0.05, 0.1) is 11.5 Å². The van der Waals surface area contributed by atoms with Crippen LogP contribution in [0.15, 0.2) is 18.2 Å². The van der Waals surface area contributed by atoms with Gasteiger partial charge in [-0.25, -0.2) is 12.8 Å². The Kier molecular flexibility index (Phi) is 5.75. The Morgan fingerprint density at radius 1 is 1.28 bits per heavy atom. The molecule has 3 nitrogen and oxygen atoms in total. The van der Waals surface area contributed by atoms with Crippen molar-refractivity contribution in [2.75, 3.05) is 5.75 Å². The van der Waals surface area contributed by atoms with Gasteiger partial charge in [-0.15, -0.1) is 0 Å². The molecule has 0 heterocycles. The molecule has 0 atom stereocenters. The summed E-state index contributed by atoms with van der Waals surface area (Å²) in [5, 5.41) is 0. The van der Waals surface area contributed by atoms with Crippen LogP contribution in [0.25, 0.3) is 0 Å². The van der Waals surface area contributed by atoms with Crippen molar-refractivity contribution < 1.29 is 12.8 Å². The van der Waals surface area contributed by atoms with Gasteiger partial charge in [-0.1, -0.05) is 31.9 Å². The number of benzene rings is 1. The maximum Gasteiger partial charge on any atom is 0.154 e. The number of halogens is 1. The Bertz CT molecular complexity index is 486. The minimum absolute atomic E-state index is 0.124. The van der Waals surface area contributed by atoms with Gasteiger partial charge in [-0.3, -0.25) is 0 Å². The lowest BCUT2D eigenvalue weighted by Crippen LogP contribution is -2.11. The number of sulfone groups is 1. The van der Waals surface area contributed by atoms with Gasteiger partial charge in [0, 0.05) is 12.1 Å². The normalized spacial score (nSPS) is 11.7. The summed E-state index contributed by atoms with van der Waals surface area (Å²) in [7, 11) is -3.22. The van der Waals surface area contributed by atoms with Gasteiger partial charge in [0.25, 0.3) is 0 Å². The van der Waals surface area contributed by atoms with Crippen LogP contribution in [0.2, 0.25) is 0 Å². The molecule has 0 fully saturated rings. The number of hydrogen-bond acceptors (Lipinski definition) is 3. The first-order valence-corrected chi connectivity index (χ1v) is 7.98. The molecular formula is C13H20FNO2S. The highest BCUT2D eigenvalue weighted by atomic mass is 32.2. The Labute approximate surface area is 108 Å². The van der Waals surface area contributed by atoms with E-state index in [1.54, 1.807) is 6.07 Å². The molecule has 0 unspecified atom stereocenters. The second-order valence-electron chi connectivity index (χ2n) is 4.43. The molecule has 1 aromatic rings. The van der Waals surface area contributed by atoms with Crippen molar-refractivity contribution in [1.29, 1.82) is 0 Å². The third-order valence-electron chi connectivity index (χ3n) is 2.79. The van der Waals surface area contributed by atoms with Crippen LogP contribution in [0.1, 0.15) is 37.3 Å². The van der Waals surface area contributed by atoms with Crippen molar-refractivity contribution >= 4 is 9.84 Å². The van der Waals surface area contributed by atoms with Gasteiger partial charge in [0.2, 0.25) is 0 Å². The minimum atomic E-state index is -3.22. The SMILES string of the molecule is CCCCCS(=O)(=O)Cc1ccc(CN)cc1F. The van der Waals surface area contributed by atoms with Crippen molar-refractivity contribution in [1.82, 2.24) is 0 Å². The van der Waals surface area contributed by atoms with Crippen molar-refractivity contribution in [2.45, 2.75) is 38.5 Å². The molecule has 0 aliphatic rings. The van der Waals surface area contributed by atoms with Gasteiger partial charge >= 0.3 is 0 Å². The zero-order chi connectivity index (χ0) is 13.6. The fourth-order valence-electron chi connectivity index (χ4n) is 1.72. The van der Waals surface area contributed by atoms with Crippen molar-refractivity contribution in [3.8, 4) is 0 Å². The molecule has 2 N–H and O–H groups in total. The van der Waals surface area contributed by atoms with E-state index in [2.05, 4.69) is 0 Å². The Morgan fingerprint density at radius 3 is 2.56 bits per heavy atom. The second kappa shape index (κ2) is 6.85. The minimum Gasteiger partial charge on any atom is -0.326 e. The van der Waals surface area contributed by atoms with Crippen LogP contribution in [0.4, 0.5) is 4.39 Å². The first-order chi connectivity index (χ1) is 8.48. The predicted molar refractivity (Wildman–Crippen MR) is 71.3 cm³/mol. The Morgan fingerprint density at radius 2 is 2.00 bits per heavy atom. The molecule has 102 valence electrons. The van der Waals surface area contributed by atoms with Crippen LogP contribution in [-0.4, -0.2) is 14.2 Å². The number of hydrogen-bond donors (Lipinski definition) is 1. The van der Waals surface area contributed by atoms with Gasteiger partial charge in [0.1, 0.15) is 5.82 Å². The summed E-state index contributed by atoms with van der Waals surface area (Å²) >= 11 is 0. The monoisotopic (exact) mass is 273 g/mol. The molecule has 18 heavy (non-hydrogen) atoms. The van der Waals surface area contributed by atoms with Crippen molar-refractivity contribution in [3.05, 3.63) is 35.1 Å². The Hall–Kier alpha value is -0.940. The summed E-state index contributed by atoms with van der Waals surface area (Å²) in [5.41, 5.74) is 6.28. The van der Waals surface area contributed by atoms with E-state index >= 15 is 0 Å². The zero-order valence-corrected chi connectivity index (χ0v) is 11.5. The Balaban J connectivity index is 2.72. The summed E-state index contributed by atoms with van der Waals surface area (Å²) in [4.78, 5) is 0. The van der Waals surface area contributed by atoms with Crippen LogP contribution < -0.4 is 5.73 Å². The van der Waals surface area contributed by atoms with E-state index < -0.39 is 15.7 Å². The average molecular weight is 273 g/mol. The van der Waals surface area contributed by atoms with E-state index in [9.17, 15) is 12.8 Å². The lowest BCUT2D eigenvalue weighted by molar-refractivity contribution is 0.582. The van der Waals surface area contributed by atoms with E-state index in [0.29, 0.717) is 12.0 Å². The van der Waals surface area contributed by atoms with Gasteiger partial charge in [-0.2, -0.15) is 0 Å². The maximum atomic E-state index is 13.6. The molecule has 1 rings (SSSR count). The lowest BCUT2D eigenvalue weighted by atomic mass is 10.1. The summed E-state index contributed by atoms with van der Waals surface area (Å²) in [6.45, 7) is 2.26. The highest BCUT2D eigenvalue weighted by Crippen LogP contribution is 2.15. The number of unbranched alkanes of at least 4 members (excludes halogenated alkanes) is 2. The van der Waals surface area contributed by atoms with Crippen LogP contribution in [0.3, 0.4) is 0 Å². The molecule has 5 heteroatoms. The first kappa shape index (κ1) is 15.1. The molecule has 0 radical (unpaired) electrons. The van der Waals surface area contributed by atoms with E-state index in [1.807, 2.05) is 6.92 Å². The van der Waals surface area contributed by atoms with Crippen LogP contribution in [0, 0.1) is 5.82 Å². The molecule has 0 spiro atoms. The average Bonchev–Trinajstić information content (AvgIpc) is 2.31. The number of nitrogens with two attached hydrogens (primary N) is 1. The van der Waals surface area contributed by atoms with E-state index in [-0.39, 0.29) is 23.6 Å². The van der Waals surface area contributed by atoms with Crippen LogP contribution >= 0.6 is 0 Å². The summed E-state index contributed by atoms with van der Waals surface area (Å²) < 4.78 is 37.2. The molecular weight excluding hydrogens is 253 g/mol. The molecule has 0 aliphatic heterocycles. The first-order valence-electron chi connectivity index (χ1n) is 6.16. The topological polar surface area (TPSA) is 60.2 Å². The molecule has 0 amide bonds. The predicted octanol–water partition coefficient (Wildman–Crippen LogP) is 2.39. The molecule has 0 saturated heterocycles. The highest BCUT2D eigenvalue weighted by Gasteiger charge is 2.14. The lowest BCUT2D eigenvalue weighted by Gasteiger charge is -2.06. The molecule has 0 saturated carbocycles. The molecule has 0 bridgehead atoms. The standard InChI is InChI=1S/C13H20FNO2S/c1-2-3-4-7-18(16,17)10-12-6-5-11(9-15)8-13(12)14/h5-6,8H,2-4,7,9-10,15H2,1H3. The van der Waals surface area contributed by atoms with Crippen molar-refractivity contribution in [3.63, 3.8) is 0 Å². The third-order valence-corrected chi connectivity index (χ3v) is 4.45. The second-order valence-corrected chi connectivity index (χ2v) is 6.61. The van der Waals surface area contributed by atoms with E-state index in [1.165, 1.54) is 12.1 Å². The fraction of sp³-hybridized carbons (Fsp3) is 0.538. The van der Waals surface area contributed by atoms with Crippen molar-refractivity contribution in [2.24, 2.45) is 5.73 Å². The van der Waals surface area contributed by atoms with E-state index in [0.717, 1.165) is 12.8 Å². The fourth-order valence-corrected chi connectivity index (χ4v) is 3.21. The van der Waals surface area contributed by atoms with E-state index in [4.69, 9.17) is 5.73 Å². The zero-order valence-electron chi connectivity index (χ0n) is 10.7. The van der Waals surface area contributed by atoms with Gasteiger partial charge in [-0.05, 0) is 18.1 Å².